The second-order valence-electron chi connectivity index (χ2n) is 9.54. The molecule has 0 bridgehead atoms. The Balaban J connectivity index is 0.000000482. The van der Waals surface area contributed by atoms with Crippen LogP contribution in [0.1, 0.15) is 43.4 Å². The van der Waals surface area contributed by atoms with Crippen LogP contribution >= 0.6 is 11.8 Å². The summed E-state index contributed by atoms with van der Waals surface area (Å²) in [6.45, 7) is 7.71. The van der Waals surface area contributed by atoms with Crippen LogP contribution in [0.2, 0.25) is 0 Å². The smallest absolute Gasteiger partial charge is 0.328 e. The van der Waals surface area contributed by atoms with Gasteiger partial charge < -0.3 is 24.6 Å². The summed E-state index contributed by atoms with van der Waals surface area (Å²) < 4.78 is 10.9. The van der Waals surface area contributed by atoms with E-state index in [4.69, 9.17) is 19.7 Å². The predicted molar refractivity (Wildman–Crippen MR) is 153 cm³/mol. The maximum Gasteiger partial charge on any atom is 0.328 e. The van der Waals surface area contributed by atoms with Crippen molar-refractivity contribution in [2.75, 3.05) is 46.4 Å². The molecule has 0 radical (unpaired) electrons. The normalized spacial score (nSPS) is 17.1. The van der Waals surface area contributed by atoms with E-state index in [-0.39, 0.29) is 5.97 Å². The first kappa shape index (κ1) is 31.2. The summed E-state index contributed by atoms with van der Waals surface area (Å²) in [7, 11) is 1.74. The van der Waals surface area contributed by atoms with Crippen molar-refractivity contribution in [1.29, 1.82) is 0 Å². The summed E-state index contributed by atoms with van der Waals surface area (Å²) in [4.78, 5) is 38.5. The second-order valence-corrected chi connectivity index (χ2v) is 10.6. The molecular weight excluding hydrogens is 532 g/mol. The number of carbonyl (C=O) groups excluding carboxylic acids is 1. The maximum absolute atomic E-state index is 11.5. The number of aliphatic carboxylic acids is 2. The zero-order valence-corrected chi connectivity index (χ0v) is 23.9. The number of carboxylic acid groups (broad SMARTS) is 2. The molecule has 0 aliphatic carbocycles. The zero-order valence-electron chi connectivity index (χ0n) is 23.1. The van der Waals surface area contributed by atoms with Crippen LogP contribution in [0.3, 0.4) is 0 Å². The van der Waals surface area contributed by atoms with E-state index in [0.29, 0.717) is 31.2 Å². The molecule has 0 saturated carbocycles. The van der Waals surface area contributed by atoms with Gasteiger partial charge in [-0.1, -0.05) is 36.9 Å². The van der Waals surface area contributed by atoms with Gasteiger partial charge in [-0.25, -0.2) is 9.59 Å². The quantitative estimate of drug-likeness (QED) is 0.240. The van der Waals surface area contributed by atoms with Gasteiger partial charge >= 0.3 is 17.9 Å². The first-order chi connectivity index (χ1) is 19.3. The lowest BCUT2D eigenvalue weighted by Gasteiger charge is -2.39. The largest absolute Gasteiger partial charge is 0.497 e. The van der Waals surface area contributed by atoms with Crippen LogP contribution in [0.25, 0.3) is 0 Å². The van der Waals surface area contributed by atoms with Crippen LogP contribution in [-0.2, 0) is 25.5 Å². The highest BCUT2D eigenvalue weighted by atomic mass is 32.2. The number of carbonyl (C=O) groups is 3. The molecule has 1 atom stereocenters. The molecule has 1 fully saturated rings. The average Bonchev–Trinajstić information content (AvgIpc) is 3.11. The third-order valence-corrected chi connectivity index (χ3v) is 7.94. The van der Waals surface area contributed by atoms with Gasteiger partial charge in [-0.2, -0.15) is 0 Å². The number of benzene rings is 2. The van der Waals surface area contributed by atoms with Crippen LogP contribution in [0, 0.1) is 0 Å². The molecule has 1 saturated heterocycles. The van der Waals surface area contributed by atoms with Crippen molar-refractivity contribution in [2.24, 2.45) is 0 Å². The zero-order chi connectivity index (χ0) is 28.9. The standard InChI is InChI=1S/C26H34N2O3S.C4H4O4/c1-3-7-26(29)31-17-6-12-27-13-15-28(16-14-27)23-18-20-8-4-5-9-24(20)32-25-11-10-21(30-2)19-22(23)25;5-3(6)1-2-4(7)8/h4-5,8-11,19,23H,3,6-7,12-18H2,1-2H3;1-2H,(H,5,6)(H,7,8)/b;2-1-. The first-order valence-electron chi connectivity index (χ1n) is 13.5. The number of carboxylic acids is 2. The lowest BCUT2D eigenvalue weighted by molar-refractivity contribution is -0.144. The predicted octanol–water partition coefficient (Wildman–Crippen LogP) is 4.51. The number of fused-ring (bicyclic) bond motifs is 2. The Kier molecular flexibility index (Phi) is 12.5. The van der Waals surface area contributed by atoms with Crippen LogP contribution in [0.5, 0.6) is 5.75 Å². The molecule has 2 aliphatic rings. The molecule has 2 aromatic carbocycles. The lowest BCUT2D eigenvalue weighted by Crippen LogP contribution is -2.48. The molecule has 0 spiro atoms. The van der Waals surface area contributed by atoms with E-state index in [0.717, 1.165) is 57.7 Å². The van der Waals surface area contributed by atoms with Crippen molar-refractivity contribution in [3.05, 3.63) is 65.7 Å². The number of ether oxygens (including phenoxy) is 2. The number of piperazine rings is 1. The van der Waals surface area contributed by atoms with E-state index in [1.165, 1.54) is 20.9 Å². The number of nitrogens with zero attached hydrogens (tertiary/aromatic N) is 2. The Hall–Kier alpha value is -3.34. The third kappa shape index (κ3) is 9.69. The second kappa shape index (κ2) is 16.1. The summed E-state index contributed by atoms with van der Waals surface area (Å²) >= 11 is 1.88. The summed E-state index contributed by atoms with van der Waals surface area (Å²) in [5, 5.41) is 15.6. The van der Waals surface area contributed by atoms with Crippen molar-refractivity contribution in [2.45, 2.75) is 48.4 Å². The van der Waals surface area contributed by atoms with Gasteiger partial charge in [0.15, 0.2) is 0 Å². The van der Waals surface area contributed by atoms with E-state index < -0.39 is 11.9 Å². The van der Waals surface area contributed by atoms with Crippen LogP contribution in [-0.4, -0.2) is 84.4 Å². The molecule has 2 N–H and O–H groups in total. The minimum atomic E-state index is -1.26. The fraction of sp³-hybridized carbons (Fsp3) is 0.433. The van der Waals surface area contributed by atoms with E-state index in [1.54, 1.807) is 7.11 Å². The number of hydrogen-bond acceptors (Lipinski definition) is 8. The topological polar surface area (TPSA) is 117 Å². The van der Waals surface area contributed by atoms with E-state index in [9.17, 15) is 14.4 Å². The molecule has 2 heterocycles. The minimum Gasteiger partial charge on any atom is -0.497 e. The Morgan fingerprint density at radius 2 is 1.70 bits per heavy atom. The molecule has 2 aromatic rings. The SMILES string of the molecule is CCCC(=O)OCCCN1CCN(C2Cc3ccccc3Sc3ccc(OC)cc32)CC1.O=C(O)/C=C\C(=O)O. The van der Waals surface area contributed by atoms with E-state index in [2.05, 4.69) is 52.3 Å². The monoisotopic (exact) mass is 570 g/mol. The summed E-state index contributed by atoms with van der Waals surface area (Å²) in [6, 6.07) is 15.7. The van der Waals surface area contributed by atoms with Gasteiger partial charge in [0, 0.05) is 67.1 Å². The fourth-order valence-electron chi connectivity index (χ4n) is 4.73. The van der Waals surface area contributed by atoms with Crippen molar-refractivity contribution in [1.82, 2.24) is 9.80 Å². The fourth-order valence-corrected chi connectivity index (χ4v) is 5.85. The summed E-state index contributed by atoms with van der Waals surface area (Å²) in [5.74, 6) is -1.66. The Morgan fingerprint density at radius 3 is 2.35 bits per heavy atom. The van der Waals surface area contributed by atoms with E-state index >= 15 is 0 Å². The summed E-state index contributed by atoms with van der Waals surface area (Å²) in [5.41, 5.74) is 2.80. The van der Waals surface area contributed by atoms with Crippen molar-refractivity contribution in [3.8, 4) is 5.75 Å². The molecule has 10 heteroatoms. The average molecular weight is 571 g/mol. The van der Waals surface area contributed by atoms with Crippen molar-refractivity contribution < 1.29 is 34.1 Å². The molecule has 40 heavy (non-hydrogen) atoms. The Labute approximate surface area is 239 Å². The Bertz CT molecular complexity index is 1160. The molecule has 1 unspecified atom stereocenters. The number of rotatable bonds is 10. The highest BCUT2D eigenvalue weighted by molar-refractivity contribution is 7.99. The molecular formula is C30H38N2O7S. The van der Waals surface area contributed by atoms with Crippen molar-refractivity contribution in [3.63, 3.8) is 0 Å². The first-order valence-corrected chi connectivity index (χ1v) is 14.3. The number of hydrogen-bond donors (Lipinski definition) is 2. The lowest BCUT2D eigenvalue weighted by atomic mass is 9.96. The van der Waals surface area contributed by atoms with Gasteiger partial charge in [-0.05, 0) is 54.7 Å². The molecule has 216 valence electrons. The van der Waals surface area contributed by atoms with Gasteiger partial charge in [-0.15, -0.1) is 0 Å². The van der Waals surface area contributed by atoms with Crippen LogP contribution in [0.15, 0.2) is 64.4 Å². The third-order valence-electron chi connectivity index (χ3n) is 6.73. The highest BCUT2D eigenvalue weighted by Crippen LogP contribution is 2.44. The van der Waals surface area contributed by atoms with Gasteiger partial charge in [0.25, 0.3) is 0 Å². The molecule has 0 amide bonds. The van der Waals surface area contributed by atoms with Crippen LogP contribution < -0.4 is 4.74 Å². The van der Waals surface area contributed by atoms with Gasteiger partial charge in [0.05, 0.1) is 13.7 Å². The van der Waals surface area contributed by atoms with Gasteiger partial charge in [0.1, 0.15) is 5.75 Å². The number of esters is 1. The maximum atomic E-state index is 11.5. The Morgan fingerprint density at radius 1 is 1.00 bits per heavy atom. The number of methoxy groups -OCH3 is 1. The van der Waals surface area contributed by atoms with E-state index in [1.807, 2.05) is 18.7 Å². The van der Waals surface area contributed by atoms with Gasteiger partial charge in [0.2, 0.25) is 0 Å². The summed E-state index contributed by atoms with van der Waals surface area (Å²) in [6.07, 6.45) is 4.41. The van der Waals surface area contributed by atoms with Crippen LogP contribution in [0.4, 0.5) is 0 Å². The molecule has 9 nitrogen and oxygen atoms in total. The van der Waals surface area contributed by atoms with Crippen molar-refractivity contribution >= 4 is 29.7 Å². The van der Waals surface area contributed by atoms with Gasteiger partial charge in [-0.3, -0.25) is 9.69 Å². The minimum absolute atomic E-state index is 0.0714. The highest BCUT2D eigenvalue weighted by Gasteiger charge is 2.30. The molecule has 0 aromatic heterocycles. The molecule has 2 aliphatic heterocycles. The molecule has 4 rings (SSSR count).